The number of hydrogen-bond donors (Lipinski definition) is 2. The molecule has 2 rings (SSSR count). The van der Waals surface area contributed by atoms with Crippen LogP contribution in [0.2, 0.25) is 0 Å². The number of guanidine groups is 1. The van der Waals surface area contributed by atoms with Crippen LogP contribution in [0.5, 0.6) is 0 Å². The van der Waals surface area contributed by atoms with Crippen molar-refractivity contribution in [3.8, 4) is 0 Å². The summed E-state index contributed by atoms with van der Waals surface area (Å²) in [5.74, 6) is 2.14. The van der Waals surface area contributed by atoms with Crippen LogP contribution in [0.4, 0.5) is 0 Å². The van der Waals surface area contributed by atoms with Crippen LogP contribution in [-0.2, 0) is 17.8 Å². The Morgan fingerprint density at radius 2 is 1.89 bits per heavy atom. The molecule has 1 aromatic rings. The number of unbranched alkanes of at least 4 members (excludes halogenated alkanes) is 1. The Balaban J connectivity index is 0.00000364. The van der Waals surface area contributed by atoms with Crippen LogP contribution in [0.15, 0.2) is 29.3 Å². The maximum atomic E-state index is 5.45. The van der Waals surface area contributed by atoms with E-state index < -0.39 is 0 Å². The normalized spacial score (nSPS) is 15.3. The van der Waals surface area contributed by atoms with Crippen molar-refractivity contribution < 1.29 is 4.74 Å². The molecule has 0 amide bonds. The summed E-state index contributed by atoms with van der Waals surface area (Å²) >= 11 is 1.91. The highest BCUT2D eigenvalue weighted by atomic mass is 127. The summed E-state index contributed by atoms with van der Waals surface area (Å²) in [7, 11) is 0. The maximum absolute atomic E-state index is 5.45. The smallest absolute Gasteiger partial charge is 0.191 e. The van der Waals surface area contributed by atoms with Crippen molar-refractivity contribution in [3.63, 3.8) is 0 Å². The first-order valence-electron chi connectivity index (χ1n) is 9.71. The third-order valence-electron chi connectivity index (χ3n) is 4.44. The molecule has 27 heavy (non-hydrogen) atoms. The Kier molecular flexibility index (Phi) is 14.0. The maximum Gasteiger partial charge on any atom is 0.191 e. The predicted octanol–water partition coefficient (Wildman–Crippen LogP) is 3.34. The number of ether oxygens (including phenoxy) is 1. The number of aliphatic imine (C=N–C) groups is 1. The highest BCUT2D eigenvalue weighted by Gasteiger charge is 2.12. The lowest BCUT2D eigenvalue weighted by Gasteiger charge is -2.27. The van der Waals surface area contributed by atoms with Gasteiger partial charge in [-0.25, -0.2) is 4.99 Å². The number of halogens is 1. The fourth-order valence-electron chi connectivity index (χ4n) is 2.95. The molecule has 0 saturated carbocycles. The molecular weight excluding hydrogens is 471 g/mol. The highest BCUT2D eigenvalue weighted by molar-refractivity contribution is 14.0. The Morgan fingerprint density at radius 3 is 2.59 bits per heavy atom. The average molecular weight is 506 g/mol. The van der Waals surface area contributed by atoms with E-state index in [2.05, 4.69) is 53.0 Å². The van der Waals surface area contributed by atoms with Crippen LogP contribution in [0.1, 0.15) is 30.9 Å². The largest absolute Gasteiger partial charge is 0.379 e. The Hall–Kier alpha value is -0.510. The van der Waals surface area contributed by atoms with Gasteiger partial charge in [-0.3, -0.25) is 4.90 Å². The molecule has 0 atom stereocenters. The van der Waals surface area contributed by atoms with Crippen molar-refractivity contribution in [1.29, 1.82) is 0 Å². The van der Waals surface area contributed by atoms with Crippen LogP contribution < -0.4 is 10.6 Å². The molecule has 1 saturated heterocycles. The zero-order valence-electron chi connectivity index (χ0n) is 16.7. The lowest BCUT2D eigenvalue weighted by Crippen LogP contribution is -2.38. The van der Waals surface area contributed by atoms with Gasteiger partial charge in [-0.1, -0.05) is 24.3 Å². The van der Waals surface area contributed by atoms with Gasteiger partial charge in [0.05, 0.1) is 19.8 Å². The minimum atomic E-state index is 0. The van der Waals surface area contributed by atoms with Crippen molar-refractivity contribution in [2.75, 3.05) is 51.4 Å². The summed E-state index contributed by atoms with van der Waals surface area (Å²) in [6.45, 7) is 9.35. The third-order valence-corrected chi connectivity index (χ3v) is 5.13. The van der Waals surface area contributed by atoms with Gasteiger partial charge in [-0.05, 0) is 42.9 Å². The molecule has 1 fully saturated rings. The molecular formula is C20H35IN4OS. The van der Waals surface area contributed by atoms with E-state index in [1.54, 1.807) is 0 Å². The predicted molar refractivity (Wildman–Crippen MR) is 128 cm³/mol. The van der Waals surface area contributed by atoms with E-state index in [0.717, 1.165) is 51.9 Å². The van der Waals surface area contributed by atoms with E-state index in [4.69, 9.17) is 9.73 Å². The molecule has 1 heterocycles. The fourth-order valence-corrected chi connectivity index (χ4v) is 3.44. The lowest BCUT2D eigenvalue weighted by atomic mass is 10.1. The summed E-state index contributed by atoms with van der Waals surface area (Å²) in [6, 6.07) is 8.65. The number of benzene rings is 1. The second kappa shape index (κ2) is 15.4. The second-order valence-corrected chi connectivity index (χ2v) is 7.46. The molecule has 0 radical (unpaired) electrons. The molecule has 5 nitrogen and oxygen atoms in total. The first-order chi connectivity index (χ1) is 12.8. The molecule has 0 aromatic heterocycles. The Bertz CT molecular complexity index is 538. The summed E-state index contributed by atoms with van der Waals surface area (Å²) in [4.78, 5) is 7.26. The molecule has 2 N–H and O–H groups in total. The van der Waals surface area contributed by atoms with Crippen LogP contribution in [0.3, 0.4) is 0 Å². The van der Waals surface area contributed by atoms with Crippen molar-refractivity contribution >= 4 is 41.7 Å². The fraction of sp³-hybridized carbons (Fsp3) is 0.650. The van der Waals surface area contributed by atoms with E-state index >= 15 is 0 Å². The standard InChI is InChI=1S/C20H34N4OS.HI/c1-3-21-20(22-10-6-7-15-26-2)23-16-18-8-4-5-9-19(18)17-24-11-13-25-14-12-24;/h4-5,8-9H,3,6-7,10-17H2,1-2H3,(H2,21,22,23);1H. The van der Waals surface area contributed by atoms with Gasteiger partial charge in [0, 0.05) is 32.7 Å². The molecule has 154 valence electrons. The first-order valence-corrected chi connectivity index (χ1v) is 11.1. The zero-order valence-corrected chi connectivity index (χ0v) is 19.9. The molecule has 1 aliphatic rings. The zero-order chi connectivity index (χ0) is 18.5. The highest BCUT2D eigenvalue weighted by Crippen LogP contribution is 2.14. The lowest BCUT2D eigenvalue weighted by molar-refractivity contribution is 0.0341. The van der Waals surface area contributed by atoms with Gasteiger partial charge in [0.2, 0.25) is 0 Å². The number of nitrogens with zero attached hydrogens (tertiary/aromatic N) is 2. The van der Waals surface area contributed by atoms with Gasteiger partial charge >= 0.3 is 0 Å². The van der Waals surface area contributed by atoms with E-state index in [-0.39, 0.29) is 24.0 Å². The van der Waals surface area contributed by atoms with Crippen LogP contribution in [-0.4, -0.2) is 62.3 Å². The molecule has 1 aliphatic heterocycles. The van der Waals surface area contributed by atoms with E-state index in [9.17, 15) is 0 Å². The minimum absolute atomic E-state index is 0. The molecule has 0 aliphatic carbocycles. The molecule has 0 spiro atoms. The molecule has 7 heteroatoms. The van der Waals surface area contributed by atoms with Crippen molar-refractivity contribution in [2.24, 2.45) is 4.99 Å². The van der Waals surface area contributed by atoms with Crippen molar-refractivity contribution in [1.82, 2.24) is 15.5 Å². The van der Waals surface area contributed by atoms with E-state index in [0.29, 0.717) is 6.54 Å². The minimum Gasteiger partial charge on any atom is -0.379 e. The topological polar surface area (TPSA) is 48.9 Å². The summed E-state index contributed by atoms with van der Waals surface area (Å²) in [6.07, 6.45) is 4.59. The van der Waals surface area contributed by atoms with Gasteiger partial charge < -0.3 is 15.4 Å². The van der Waals surface area contributed by atoms with Gasteiger partial charge in [-0.15, -0.1) is 24.0 Å². The van der Waals surface area contributed by atoms with E-state index in [1.165, 1.54) is 29.7 Å². The van der Waals surface area contributed by atoms with Gasteiger partial charge in [0.15, 0.2) is 5.96 Å². The Labute approximate surface area is 186 Å². The Morgan fingerprint density at radius 1 is 1.15 bits per heavy atom. The van der Waals surface area contributed by atoms with Gasteiger partial charge in [0.25, 0.3) is 0 Å². The number of nitrogens with one attached hydrogen (secondary N) is 2. The third kappa shape index (κ3) is 10.0. The van der Waals surface area contributed by atoms with Gasteiger partial charge in [-0.2, -0.15) is 11.8 Å². The average Bonchev–Trinajstić information content (AvgIpc) is 2.67. The molecule has 0 bridgehead atoms. The number of rotatable bonds is 10. The molecule has 1 aromatic carbocycles. The van der Waals surface area contributed by atoms with E-state index in [1.807, 2.05) is 11.8 Å². The SMILES string of the molecule is CCNC(=NCc1ccccc1CN1CCOCC1)NCCCCSC.I. The second-order valence-electron chi connectivity index (χ2n) is 6.48. The van der Waals surface area contributed by atoms with Gasteiger partial charge in [0.1, 0.15) is 0 Å². The van der Waals surface area contributed by atoms with Crippen molar-refractivity contribution in [2.45, 2.75) is 32.9 Å². The van der Waals surface area contributed by atoms with Crippen molar-refractivity contribution in [3.05, 3.63) is 35.4 Å². The monoisotopic (exact) mass is 506 g/mol. The number of morpholine rings is 1. The van der Waals surface area contributed by atoms with Crippen LogP contribution in [0, 0.1) is 0 Å². The number of hydrogen-bond acceptors (Lipinski definition) is 4. The summed E-state index contributed by atoms with van der Waals surface area (Å²) in [5, 5.41) is 6.80. The quantitative estimate of drug-likeness (QED) is 0.221. The summed E-state index contributed by atoms with van der Waals surface area (Å²) < 4.78 is 5.45. The summed E-state index contributed by atoms with van der Waals surface area (Å²) in [5.41, 5.74) is 2.67. The first kappa shape index (κ1) is 24.5. The van der Waals surface area contributed by atoms with Crippen LogP contribution >= 0.6 is 35.7 Å². The van der Waals surface area contributed by atoms with Crippen LogP contribution in [0.25, 0.3) is 0 Å². The number of thioether (sulfide) groups is 1. The molecule has 0 unspecified atom stereocenters.